The molecule has 1 amide bonds. The Bertz CT molecular complexity index is 1040. The number of esters is 1. The standard InChI is InChI=1S/C22H31N5O4/c1-6-31-21(30)17-8-7-11-26(12-17)19(28)10-9-18-15(4)25-27(16(18)5)22-23-14(3)13(2)20(29)24-22/h17H,6-12H2,1-5H3,(H,23,24,29). The highest BCUT2D eigenvalue weighted by molar-refractivity contribution is 5.78. The molecule has 9 heteroatoms. The number of aromatic amines is 1. The van der Waals surface area contributed by atoms with E-state index in [2.05, 4.69) is 15.1 Å². The second-order valence-corrected chi connectivity index (χ2v) is 8.09. The first kappa shape index (κ1) is 22.7. The first-order chi connectivity index (χ1) is 14.7. The first-order valence-corrected chi connectivity index (χ1v) is 10.8. The topological polar surface area (TPSA) is 110 Å². The van der Waals surface area contributed by atoms with Crippen molar-refractivity contribution < 1.29 is 14.3 Å². The van der Waals surface area contributed by atoms with Crippen molar-refractivity contribution >= 4 is 11.9 Å². The third-order valence-electron chi connectivity index (χ3n) is 6.01. The molecule has 1 saturated heterocycles. The predicted molar refractivity (Wildman–Crippen MR) is 115 cm³/mol. The zero-order valence-electron chi connectivity index (χ0n) is 18.9. The molecule has 0 bridgehead atoms. The van der Waals surface area contributed by atoms with Gasteiger partial charge in [0.15, 0.2) is 0 Å². The minimum Gasteiger partial charge on any atom is -0.466 e. The zero-order valence-corrected chi connectivity index (χ0v) is 18.9. The summed E-state index contributed by atoms with van der Waals surface area (Å²) in [6.07, 6.45) is 2.43. The largest absolute Gasteiger partial charge is 0.466 e. The average molecular weight is 430 g/mol. The molecule has 1 N–H and O–H groups in total. The van der Waals surface area contributed by atoms with E-state index in [1.54, 1.807) is 30.4 Å². The molecule has 0 saturated carbocycles. The van der Waals surface area contributed by atoms with E-state index in [1.165, 1.54) is 0 Å². The van der Waals surface area contributed by atoms with Crippen molar-refractivity contribution in [2.75, 3.05) is 19.7 Å². The quantitative estimate of drug-likeness (QED) is 0.703. The van der Waals surface area contributed by atoms with Crippen molar-refractivity contribution in [3.8, 4) is 5.95 Å². The molecule has 3 heterocycles. The fourth-order valence-corrected chi connectivity index (χ4v) is 4.02. The summed E-state index contributed by atoms with van der Waals surface area (Å²) >= 11 is 0. The lowest BCUT2D eigenvalue weighted by molar-refractivity contribution is -0.151. The smallest absolute Gasteiger partial charge is 0.310 e. The second kappa shape index (κ2) is 9.45. The van der Waals surface area contributed by atoms with Crippen molar-refractivity contribution in [3.63, 3.8) is 0 Å². The normalized spacial score (nSPS) is 16.4. The van der Waals surface area contributed by atoms with Gasteiger partial charge in [0.1, 0.15) is 0 Å². The molecule has 3 rings (SSSR count). The Kier molecular flexibility index (Phi) is 6.92. The number of nitrogens with one attached hydrogen (secondary N) is 1. The van der Waals surface area contributed by atoms with Gasteiger partial charge in [-0.15, -0.1) is 0 Å². The maximum Gasteiger partial charge on any atom is 0.310 e. The zero-order chi connectivity index (χ0) is 22.7. The SMILES string of the molecule is CCOC(=O)C1CCCN(C(=O)CCc2c(C)nn(-c3nc(C)c(C)c(=O)[nH]3)c2C)C1. The van der Waals surface area contributed by atoms with Crippen LogP contribution >= 0.6 is 0 Å². The van der Waals surface area contributed by atoms with Gasteiger partial charge in [-0.1, -0.05) is 0 Å². The summed E-state index contributed by atoms with van der Waals surface area (Å²) in [7, 11) is 0. The molecule has 1 aliphatic heterocycles. The maximum atomic E-state index is 12.8. The van der Waals surface area contributed by atoms with Gasteiger partial charge < -0.3 is 9.64 Å². The Labute approximate surface area is 181 Å². The Hall–Kier alpha value is -2.97. The number of piperidine rings is 1. The summed E-state index contributed by atoms with van der Waals surface area (Å²) in [4.78, 5) is 46.0. The summed E-state index contributed by atoms with van der Waals surface area (Å²) in [5.74, 6) is -0.0581. The summed E-state index contributed by atoms with van der Waals surface area (Å²) < 4.78 is 6.75. The molecule has 0 aromatic carbocycles. The van der Waals surface area contributed by atoms with Crippen molar-refractivity contribution in [2.24, 2.45) is 5.92 Å². The molecule has 168 valence electrons. The third kappa shape index (κ3) is 4.86. The molecular formula is C22H31N5O4. The molecule has 1 aliphatic rings. The Morgan fingerprint density at radius 1 is 1.19 bits per heavy atom. The van der Waals surface area contributed by atoms with E-state index in [0.717, 1.165) is 29.8 Å². The Morgan fingerprint density at radius 2 is 1.94 bits per heavy atom. The van der Waals surface area contributed by atoms with Crippen LogP contribution in [0.3, 0.4) is 0 Å². The number of likely N-dealkylation sites (tertiary alicyclic amines) is 1. The molecule has 2 aromatic heterocycles. The molecule has 1 fully saturated rings. The predicted octanol–water partition coefficient (Wildman–Crippen LogP) is 1.92. The van der Waals surface area contributed by atoms with Crippen molar-refractivity contribution in [1.29, 1.82) is 0 Å². The molecule has 2 aromatic rings. The highest BCUT2D eigenvalue weighted by Crippen LogP contribution is 2.21. The number of aromatic nitrogens is 4. The molecule has 1 atom stereocenters. The maximum absolute atomic E-state index is 12.8. The van der Waals surface area contributed by atoms with E-state index in [0.29, 0.717) is 49.7 Å². The van der Waals surface area contributed by atoms with Gasteiger partial charge in [0.25, 0.3) is 5.56 Å². The molecular weight excluding hydrogens is 398 g/mol. The van der Waals surface area contributed by atoms with E-state index in [4.69, 9.17) is 4.74 Å². The molecule has 31 heavy (non-hydrogen) atoms. The van der Waals surface area contributed by atoms with Crippen LogP contribution in [-0.4, -0.2) is 56.2 Å². The number of H-pyrrole nitrogens is 1. The molecule has 0 aliphatic carbocycles. The number of carbonyl (C=O) groups excluding carboxylic acids is 2. The highest BCUT2D eigenvalue weighted by Gasteiger charge is 2.29. The summed E-state index contributed by atoms with van der Waals surface area (Å²) in [6.45, 7) is 10.6. The van der Waals surface area contributed by atoms with Crippen LogP contribution in [0.1, 0.15) is 54.4 Å². The van der Waals surface area contributed by atoms with E-state index in [-0.39, 0.29) is 23.4 Å². The van der Waals surface area contributed by atoms with Crippen molar-refractivity contribution in [3.05, 3.63) is 38.6 Å². The van der Waals surface area contributed by atoms with Gasteiger partial charge >= 0.3 is 5.97 Å². The van der Waals surface area contributed by atoms with Crippen LogP contribution < -0.4 is 5.56 Å². The molecule has 9 nitrogen and oxygen atoms in total. The number of hydrogen-bond acceptors (Lipinski definition) is 6. The first-order valence-electron chi connectivity index (χ1n) is 10.8. The van der Waals surface area contributed by atoms with Gasteiger partial charge in [-0.05, 0) is 59.4 Å². The monoisotopic (exact) mass is 429 g/mol. The van der Waals surface area contributed by atoms with Crippen LogP contribution in [0.4, 0.5) is 0 Å². The number of amides is 1. The summed E-state index contributed by atoms with van der Waals surface area (Å²) in [5.41, 5.74) is 3.67. The Balaban J connectivity index is 1.70. The van der Waals surface area contributed by atoms with Crippen LogP contribution in [0.25, 0.3) is 5.95 Å². The van der Waals surface area contributed by atoms with Crippen molar-refractivity contribution in [2.45, 2.75) is 60.3 Å². The van der Waals surface area contributed by atoms with E-state index < -0.39 is 0 Å². The molecule has 0 spiro atoms. The minimum absolute atomic E-state index is 0.0262. The van der Waals surface area contributed by atoms with Crippen LogP contribution in [0.15, 0.2) is 4.79 Å². The average Bonchev–Trinajstić information content (AvgIpc) is 3.03. The fourth-order valence-electron chi connectivity index (χ4n) is 4.02. The lowest BCUT2D eigenvalue weighted by Gasteiger charge is -2.31. The van der Waals surface area contributed by atoms with E-state index in [9.17, 15) is 14.4 Å². The van der Waals surface area contributed by atoms with Crippen LogP contribution in [0.5, 0.6) is 0 Å². The highest BCUT2D eigenvalue weighted by atomic mass is 16.5. The van der Waals surface area contributed by atoms with Gasteiger partial charge in [-0.25, -0.2) is 9.67 Å². The number of ether oxygens (including phenoxy) is 1. The fraction of sp³-hybridized carbons (Fsp3) is 0.591. The van der Waals surface area contributed by atoms with Gasteiger partial charge in [-0.2, -0.15) is 5.10 Å². The number of hydrogen-bond donors (Lipinski definition) is 1. The van der Waals surface area contributed by atoms with Crippen LogP contribution in [0.2, 0.25) is 0 Å². The minimum atomic E-state index is -0.239. The van der Waals surface area contributed by atoms with Gasteiger partial charge in [0.2, 0.25) is 11.9 Å². The van der Waals surface area contributed by atoms with E-state index >= 15 is 0 Å². The van der Waals surface area contributed by atoms with Gasteiger partial charge in [0, 0.05) is 36.5 Å². The van der Waals surface area contributed by atoms with E-state index in [1.807, 2.05) is 13.8 Å². The Morgan fingerprint density at radius 3 is 2.61 bits per heavy atom. The number of rotatable bonds is 6. The van der Waals surface area contributed by atoms with Gasteiger partial charge in [0.05, 0.1) is 18.2 Å². The number of aryl methyl sites for hydroxylation is 2. The second-order valence-electron chi connectivity index (χ2n) is 8.09. The molecule has 1 unspecified atom stereocenters. The number of nitrogens with zero attached hydrogens (tertiary/aromatic N) is 4. The number of carbonyl (C=O) groups is 2. The lowest BCUT2D eigenvalue weighted by atomic mass is 9.97. The summed E-state index contributed by atoms with van der Waals surface area (Å²) in [6, 6.07) is 0. The van der Waals surface area contributed by atoms with Crippen LogP contribution in [0, 0.1) is 33.6 Å². The summed E-state index contributed by atoms with van der Waals surface area (Å²) in [5, 5.41) is 4.54. The van der Waals surface area contributed by atoms with Crippen LogP contribution in [-0.2, 0) is 20.7 Å². The molecule has 0 radical (unpaired) electrons. The lowest BCUT2D eigenvalue weighted by Crippen LogP contribution is -2.42. The van der Waals surface area contributed by atoms with Gasteiger partial charge in [-0.3, -0.25) is 19.4 Å². The third-order valence-corrected chi connectivity index (χ3v) is 6.01. The van der Waals surface area contributed by atoms with Crippen molar-refractivity contribution in [1.82, 2.24) is 24.6 Å².